The molecular formula is C19H16N4O5. The van der Waals surface area contributed by atoms with Crippen molar-refractivity contribution in [1.29, 1.82) is 5.26 Å². The predicted molar refractivity (Wildman–Crippen MR) is 96.4 cm³/mol. The minimum absolute atomic E-state index is 0.0364. The third-order valence-corrected chi connectivity index (χ3v) is 5.38. The molecule has 0 aromatic heterocycles. The van der Waals surface area contributed by atoms with Gasteiger partial charge in [-0.2, -0.15) is 5.26 Å². The summed E-state index contributed by atoms with van der Waals surface area (Å²) in [5.74, 6) is -1.04. The van der Waals surface area contributed by atoms with E-state index < -0.39 is 21.7 Å². The molecule has 3 N–H and O–H groups in total. The van der Waals surface area contributed by atoms with Crippen LogP contribution in [0.2, 0.25) is 0 Å². The van der Waals surface area contributed by atoms with E-state index in [4.69, 9.17) is 10.5 Å². The van der Waals surface area contributed by atoms with Crippen LogP contribution in [0.25, 0.3) is 0 Å². The number of nitrogens with zero attached hydrogens (tertiary/aromatic N) is 2. The van der Waals surface area contributed by atoms with E-state index in [0.717, 1.165) is 0 Å². The van der Waals surface area contributed by atoms with Crippen molar-refractivity contribution >= 4 is 23.1 Å². The second-order valence-electron chi connectivity index (χ2n) is 7.88. The Labute approximate surface area is 159 Å². The Morgan fingerprint density at radius 3 is 2.68 bits per heavy atom. The first-order valence-electron chi connectivity index (χ1n) is 8.57. The molecule has 0 bridgehead atoms. The number of nitro benzene ring substituents is 1. The third kappa shape index (κ3) is 2.11. The van der Waals surface area contributed by atoms with Gasteiger partial charge in [-0.25, -0.2) is 0 Å². The standard InChI is InChI=1S/C19H16N4O5/c1-18(2)6-13(24)15-14(7-18)28-16(21)11(8-20)19(15)10-5-9(23(26)27)3-4-12(10)22-17(19)25/h3-5H,6-7,21H2,1-2H3,(H,22,25)/t19-/m1/s1. The maximum absolute atomic E-state index is 13.2. The Morgan fingerprint density at radius 1 is 1.32 bits per heavy atom. The first-order valence-corrected chi connectivity index (χ1v) is 8.57. The minimum Gasteiger partial charge on any atom is -0.444 e. The van der Waals surface area contributed by atoms with E-state index in [-0.39, 0.29) is 46.2 Å². The van der Waals surface area contributed by atoms with Crippen molar-refractivity contribution in [3.63, 3.8) is 0 Å². The van der Waals surface area contributed by atoms with E-state index in [0.29, 0.717) is 12.1 Å². The number of nitrogens with two attached hydrogens (primary N) is 1. The molecule has 0 unspecified atom stereocenters. The smallest absolute Gasteiger partial charge is 0.269 e. The number of fused-ring (bicyclic) bond motifs is 3. The highest BCUT2D eigenvalue weighted by molar-refractivity contribution is 6.19. The molecule has 9 heteroatoms. The highest BCUT2D eigenvalue weighted by Crippen LogP contribution is 2.56. The third-order valence-electron chi connectivity index (χ3n) is 5.38. The Kier molecular flexibility index (Phi) is 3.43. The number of amides is 1. The van der Waals surface area contributed by atoms with Gasteiger partial charge in [-0.15, -0.1) is 0 Å². The summed E-state index contributed by atoms with van der Waals surface area (Å²) < 4.78 is 5.61. The number of nitro groups is 1. The van der Waals surface area contributed by atoms with Crippen LogP contribution in [0, 0.1) is 26.9 Å². The normalized spacial score (nSPS) is 25.0. The van der Waals surface area contributed by atoms with Crippen molar-refractivity contribution in [3.05, 3.63) is 56.7 Å². The molecule has 1 aromatic carbocycles. The second-order valence-corrected chi connectivity index (χ2v) is 7.88. The van der Waals surface area contributed by atoms with Gasteiger partial charge in [0.25, 0.3) is 5.69 Å². The van der Waals surface area contributed by atoms with Crippen LogP contribution in [-0.4, -0.2) is 16.6 Å². The van der Waals surface area contributed by atoms with Crippen LogP contribution in [0.4, 0.5) is 11.4 Å². The van der Waals surface area contributed by atoms with Gasteiger partial charge in [-0.05, 0) is 11.5 Å². The van der Waals surface area contributed by atoms with Gasteiger partial charge in [0.05, 0.1) is 10.5 Å². The highest BCUT2D eigenvalue weighted by Gasteiger charge is 2.61. The minimum atomic E-state index is -1.85. The number of hydrogen-bond donors (Lipinski definition) is 2. The van der Waals surface area contributed by atoms with Gasteiger partial charge in [0.1, 0.15) is 22.8 Å². The molecule has 4 rings (SSSR count). The van der Waals surface area contributed by atoms with Gasteiger partial charge in [-0.3, -0.25) is 19.7 Å². The summed E-state index contributed by atoms with van der Waals surface area (Å²) in [7, 11) is 0. The van der Waals surface area contributed by atoms with Crippen LogP contribution >= 0.6 is 0 Å². The summed E-state index contributed by atoms with van der Waals surface area (Å²) in [6.07, 6.45) is 0.486. The maximum atomic E-state index is 13.2. The van der Waals surface area contributed by atoms with Gasteiger partial charge in [0, 0.05) is 36.2 Å². The Balaban J connectivity index is 2.10. The monoisotopic (exact) mass is 380 g/mol. The number of nitrogens with one attached hydrogen (secondary N) is 1. The van der Waals surface area contributed by atoms with Crippen molar-refractivity contribution in [1.82, 2.24) is 0 Å². The molecule has 1 amide bonds. The summed E-state index contributed by atoms with van der Waals surface area (Å²) in [5.41, 5.74) is 3.71. The van der Waals surface area contributed by atoms with Gasteiger partial charge in [0.2, 0.25) is 11.8 Å². The first kappa shape index (κ1) is 17.7. The van der Waals surface area contributed by atoms with Crippen molar-refractivity contribution in [2.75, 3.05) is 5.32 Å². The second kappa shape index (κ2) is 5.42. The lowest BCUT2D eigenvalue weighted by atomic mass is 9.62. The highest BCUT2D eigenvalue weighted by atomic mass is 16.6. The zero-order chi connectivity index (χ0) is 20.4. The fraction of sp³-hybridized carbons (Fsp3) is 0.316. The zero-order valence-electron chi connectivity index (χ0n) is 15.2. The number of carbonyl (C=O) groups excluding carboxylic acids is 2. The molecule has 0 saturated heterocycles. The molecule has 142 valence electrons. The topological polar surface area (TPSA) is 148 Å². The van der Waals surface area contributed by atoms with Crippen LogP contribution in [0.5, 0.6) is 0 Å². The molecule has 0 radical (unpaired) electrons. The summed E-state index contributed by atoms with van der Waals surface area (Å²) >= 11 is 0. The van der Waals surface area contributed by atoms with Crippen molar-refractivity contribution in [2.45, 2.75) is 32.1 Å². The maximum Gasteiger partial charge on any atom is 0.269 e. The molecule has 3 aliphatic rings. The lowest BCUT2D eigenvalue weighted by Gasteiger charge is -2.41. The van der Waals surface area contributed by atoms with Crippen LogP contribution in [-0.2, 0) is 19.7 Å². The molecule has 1 aliphatic carbocycles. The number of rotatable bonds is 1. The molecule has 1 atom stereocenters. The molecule has 1 spiro atoms. The van der Waals surface area contributed by atoms with Gasteiger partial charge in [0.15, 0.2) is 5.78 Å². The average Bonchev–Trinajstić information content (AvgIpc) is 2.85. The van der Waals surface area contributed by atoms with Crippen molar-refractivity contribution < 1.29 is 19.2 Å². The van der Waals surface area contributed by atoms with E-state index in [2.05, 4.69) is 5.32 Å². The average molecular weight is 380 g/mol. The zero-order valence-corrected chi connectivity index (χ0v) is 15.2. The lowest BCUT2D eigenvalue weighted by Crippen LogP contribution is -2.48. The molecule has 0 saturated carbocycles. The SMILES string of the molecule is CC1(C)CC(=O)C2=C(C1)OC(N)=C(C#N)[C@@]21C(=O)Nc2ccc([N+](=O)[O-])cc21. The Bertz CT molecular complexity index is 1090. The number of Topliss-reactive ketones (excluding diaryl/α,β-unsaturated/α-hetero) is 1. The molecule has 9 nitrogen and oxygen atoms in total. The van der Waals surface area contributed by atoms with E-state index in [9.17, 15) is 25.0 Å². The molecule has 28 heavy (non-hydrogen) atoms. The van der Waals surface area contributed by atoms with Crippen LogP contribution in [0.3, 0.4) is 0 Å². The number of carbonyl (C=O) groups is 2. The first-order chi connectivity index (χ1) is 13.1. The van der Waals surface area contributed by atoms with Crippen LogP contribution in [0.15, 0.2) is 41.0 Å². The largest absolute Gasteiger partial charge is 0.444 e. The van der Waals surface area contributed by atoms with Gasteiger partial charge >= 0.3 is 0 Å². The summed E-state index contributed by atoms with van der Waals surface area (Å²) in [6.45, 7) is 3.77. The number of ether oxygens (including phenoxy) is 1. The number of nitriles is 1. The van der Waals surface area contributed by atoms with Gasteiger partial charge < -0.3 is 15.8 Å². The van der Waals surface area contributed by atoms with E-state index >= 15 is 0 Å². The Morgan fingerprint density at radius 2 is 2.04 bits per heavy atom. The number of non-ortho nitro benzene ring substituents is 1. The van der Waals surface area contributed by atoms with Crippen LogP contribution in [0.1, 0.15) is 32.3 Å². The summed E-state index contributed by atoms with van der Waals surface area (Å²) in [4.78, 5) is 37.0. The molecule has 0 fully saturated rings. The Hall–Kier alpha value is -3.67. The number of allylic oxidation sites excluding steroid dienone is 1. The van der Waals surface area contributed by atoms with Crippen molar-refractivity contribution in [2.24, 2.45) is 11.1 Å². The van der Waals surface area contributed by atoms with Crippen molar-refractivity contribution in [3.8, 4) is 6.07 Å². The number of benzene rings is 1. The quantitative estimate of drug-likeness (QED) is 0.560. The number of anilines is 1. The molecular weight excluding hydrogens is 364 g/mol. The summed E-state index contributed by atoms with van der Waals surface area (Å²) in [5, 5.41) is 23.7. The van der Waals surface area contributed by atoms with Crippen LogP contribution < -0.4 is 11.1 Å². The van der Waals surface area contributed by atoms with E-state index in [1.165, 1.54) is 18.2 Å². The fourth-order valence-electron chi connectivity index (χ4n) is 4.30. The predicted octanol–water partition coefficient (Wildman–Crippen LogP) is 2.15. The molecule has 2 aliphatic heterocycles. The van der Waals surface area contributed by atoms with E-state index in [1.807, 2.05) is 19.9 Å². The lowest BCUT2D eigenvalue weighted by molar-refractivity contribution is -0.384. The number of hydrogen-bond acceptors (Lipinski definition) is 7. The van der Waals surface area contributed by atoms with Gasteiger partial charge in [-0.1, -0.05) is 13.8 Å². The number of ketones is 1. The van der Waals surface area contributed by atoms with E-state index in [1.54, 1.807) is 0 Å². The fourth-order valence-corrected chi connectivity index (χ4v) is 4.30. The summed E-state index contributed by atoms with van der Waals surface area (Å²) in [6, 6.07) is 5.74. The molecule has 1 aromatic rings. The molecule has 2 heterocycles.